The summed E-state index contributed by atoms with van der Waals surface area (Å²) in [6, 6.07) is 4.58. The summed E-state index contributed by atoms with van der Waals surface area (Å²) in [5.41, 5.74) is 8.08. The fourth-order valence-electron chi connectivity index (χ4n) is 5.58. The molecule has 4 rings (SSSR count). The number of halogens is 2. The molecule has 2 saturated heterocycles. The van der Waals surface area contributed by atoms with Gasteiger partial charge in [-0.05, 0) is 57.3 Å². The number of aromatic nitrogens is 2. The number of nitrogens with one attached hydrogen (secondary N) is 1. The van der Waals surface area contributed by atoms with Crippen molar-refractivity contribution in [3.05, 3.63) is 57.5 Å². The Morgan fingerprint density at radius 1 is 1.19 bits per heavy atom. The molecule has 0 spiro atoms. The van der Waals surface area contributed by atoms with Gasteiger partial charge >= 0.3 is 0 Å². The van der Waals surface area contributed by atoms with Crippen molar-refractivity contribution in [1.82, 2.24) is 19.8 Å². The van der Waals surface area contributed by atoms with Crippen LogP contribution in [0.3, 0.4) is 0 Å². The zero-order chi connectivity index (χ0) is 25.8. The normalized spacial score (nSPS) is 20.8. The Morgan fingerprint density at radius 2 is 1.94 bits per heavy atom. The highest BCUT2D eigenvalue weighted by Crippen LogP contribution is 2.26. The van der Waals surface area contributed by atoms with Crippen LogP contribution in [-0.4, -0.2) is 64.6 Å². The third-order valence-electron chi connectivity index (χ3n) is 7.56. The van der Waals surface area contributed by atoms with Crippen LogP contribution in [0.2, 0.25) is 0 Å². The van der Waals surface area contributed by atoms with E-state index in [4.69, 9.17) is 5.73 Å². The summed E-state index contributed by atoms with van der Waals surface area (Å²) in [7, 11) is 0. The molecule has 36 heavy (non-hydrogen) atoms. The molecule has 1 unspecified atom stereocenters. The minimum absolute atomic E-state index is 0.201. The second-order valence-corrected chi connectivity index (χ2v) is 9.93. The zero-order valence-corrected chi connectivity index (χ0v) is 21.6. The van der Waals surface area contributed by atoms with Gasteiger partial charge in [-0.3, -0.25) is 14.6 Å². The molecule has 1 aromatic heterocycles. The molecule has 3 heterocycles. The Morgan fingerprint density at radius 3 is 2.61 bits per heavy atom. The van der Waals surface area contributed by atoms with Crippen LogP contribution in [0, 0.1) is 11.6 Å². The van der Waals surface area contributed by atoms with E-state index in [1.54, 1.807) is 6.07 Å². The SMILES string of the molecule is CC/C=C(/C)c1[nH]c(=O)c(N2CCN(C3CCN(Cc4ccc(F)cc4F)CC3)C(CC)C2)nc1N. The second kappa shape index (κ2) is 11.5. The smallest absolute Gasteiger partial charge is 0.291 e. The molecule has 0 aliphatic carbocycles. The van der Waals surface area contributed by atoms with E-state index in [-0.39, 0.29) is 5.56 Å². The molecule has 3 N–H and O–H groups in total. The molecular weight excluding hydrogens is 462 g/mol. The summed E-state index contributed by atoms with van der Waals surface area (Å²) >= 11 is 0. The van der Waals surface area contributed by atoms with Gasteiger partial charge in [-0.25, -0.2) is 13.8 Å². The van der Waals surface area contributed by atoms with Gasteiger partial charge in [-0.2, -0.15) is 0 Å². The first kappa shape index (κ1) is 26.3. The van der Waals surface area contributed by atoms with Crippen LogP contribution in [0.4, 0.5) is 20.4 Å². The van der Waals surface area contributed by atoms with Crippen molar-refractivity contribution in [2.75, 3.05) is 43.4 Å². The van der Waals surface area contributed by atoms with E-state index in [9.17, 15) is 13.6 Å². The monoisotopic (exact) mass is 500 g/mol. The maximum atomic E-state index is 14.1. The molecule has 0 saturated carbocycles. The lowest BCUT2D eigenvalue weighted by Gasteiger charge is -2.47. The highest BCUT2D eigenvalue weighted by Gasteiger charge is 2.34. The molecule has 0 amide bonds. The van der Waals surface area contributed by atoms with Gasteiger partial charge in [0.05, 0.1) is 5.69 Å². The zero-order valence-electron chi connectivity index (χ0n) is 21.6. The minimum Gasteiger partial charge on any atom is -0.382 e. The standard InChI is InChI=1S/C27H38F2N6O/c1-4-6-18(3)24-25(30)32-26(27(36)31-24)34-13-14-35(21(5-2)17-34)22-9-11-33(12-10-22)16-19-7-8-20(28)15-23(19)29/h6-8,15,21-22H,4-5,9-14,16-17H2,1-3H3,(H2,30,32)(H,31,36)/b18-6-. The van der Waals surface area contributed by atoms with Crippen molar-refractivity contribution >= 4 is 17.2 Å². The maximum Gasteiger partial charge on any atom is 0.291 e. The molecule has 9 heteroatoms. The molecule has 7 nitrogen and oxygen atoms in total. The fraction of sp³-hybridized carbons (Fsp3) is 0.556. The van der Waals surface area contributed by atoms with E-state index in [0.717, 1.165) is 70.0 Å². The van der Waals surface area contributed by atoms with Crippen molar-refractivity contribution in [2.24, 2.45) is 0 Å². The molecule has 0 radical (unpaired) electrons. The average Bonchev–Trinajstić information content (AvgIpc) is 2.87. The topological polar surface area (TPSA) is 81.5 Å². The number of nitrogens with zero attached hydrogens (tertiary/aromatic N) is 4. The number of likely N-dealkylation sites (tertiary alicyclic amines) is 1. The van der Waals surface area contributed by atoms with Crippen LogP contribution < -0.4 is 16.2 Å². The van der Waals surface area contributed by atoms with Crippen LogP contribution in [0.5, 0.6) is 0 Å². The summed E-state index contributed by atoms with van der Waals surface area (Å²) < 4.78 is 27.3. The predicted octanol–water partition coefficient (Wildman–Crippen LogP) is 4.01. The molecule has 2 fully saturated rings. The Labute approximate surface area is 212 Å². The number of nitrogens with two attached hydrogens (primary N) is 1. The maximum absolute atomic E-state index is 14.1. The Balaban J connectivity index is 1.38. The Kier molecular flexibility index (Phi) is 8.41. The first-order valence-corrected chi connectivity index (χ1v) is 13.0. The summed E-state index contributed by atoms with van der Waals surface area (Å²) in [6.07, 6.45) is 5.86. The number of hydrogen-bond donors (Lipinski definition) is 2. The third kappa shape index (κ3) is 5.78. The van der Waals surface area contributed by atoms with Gasteiger partial charge in [0.25, 0.3) is 5.56 Å². The lowest BCUT2D eigenvalue weighted by Crippen LogP contribution is -2.59. The number of H-pyrrole nitrogens is 1. The summed E-state index contributed by atoms with van der Waals surface area (Å²) in [4.78, 5) is 27.2. The molecular formula is C27H38F2N6O. The third-order valence-corrected chi connectivity index (χ3v) is 7.56. The van der Waals surface area contributed by atoms with Gasteiger partial charge in [0.1, 0.15) is 17.5 Å². The molecule has 196 valence electrons. The highest BCUT2D eigenvalue weighted by atomic mass is 19.1. The summed E-state index contributed by atoms with van der Waals surface area (Å²) in [5.74, 6) is -0.269. The first-order chi connectivity index (χ1) is 17.3. The molecule has 0 bridgehead atoms. The Bertz CT molecular complexity index is 1140. The summed E-state index contributed by atoms with van der Waals surface area (Å²) in [6.45, 7) is 10.7. The largest absolute Gasteiger partial charge is 0.382 e. The van der Waals surface area contributed by atoms with Gasteiger partial charge in [-0.15, -0.1) is 0 Å². The van der Waals surface area contributed by atoms with E-state index in [0.29, 0.717) is 41.5 Å². The van der Waals surface area contributed by atoms with E-state index in [2.05, 4.69) is 31.6 Å². The number of benzene rings is 1. The quantitative estimate of drug-likeness (QED) is 0.598. The number of piperidine rings is 1. The van der Waals surface area contributed by atoms with Crippen molar-refractivity contribution < 1.29 is 8.78 Å². The second-order valence-electron chi connectivity index (χ2n) is 9.93. The van der Waals surface area contributed by atoms with Crippen LogP contribution in [0.1, 0.15) is 57.7 Å². The van der Waals surface area contributed by atoms with E-state index in [1.165, 1.54) is 6.07 Å². The highest BCUT2D eigenvalue weighted by molar-refractivity contribution is 5.69. The van der Waals surface area contributed by atoms with Crippen LogP contribution in [0.15, 0.2) is 29.1 Å². The van der Waals surface area contributed by atoms with Crippen molar-refractivity contribution in [3.63, 3.8) is 0 Å². The number of nitrogen functional groups attached to an aromatic ring is 1. The summed E-state index contributed by atoms with van der Waals surface area (Å²) in [5, 5.41) is 0. The number of rotatable bonds is 7. The molecule has 1 aromatic carbocycles. The first-order valence-electron chi connectivity index (χ1n) is 13.0. The van der Waals surface area contributed by atoms with Crippen molar-refractivity contribution in [1.29, 1.82) is 0 Å². The Hall–Kier alpha value is -2.78. The molecule has 2 aliphatic heterocycles. The lowest BCUT2D eigenvalue weighted by molar-refractivity contribution is 0.0607. The van der Waals surface area contributed by atoms with E-state index < -0.39 is 11.6 Å². The lowest BCUT2D eigenvalue weighted by atomic mass is 9.98. The van der Waals surface area contributed by atoms with Crippen LogP contribution in [-0.2, 0) is 6.54 Å². The van der Waals surface area contributed by atoms with Crippen LogP contribution >= 0.6 is 0 Å². The number of allylic oxidation sites excluding steroid dienone is 2. The molecule has 2 aromatic rings. The van der Waals surface area contributed by atoms with Crippen molar-refractivity contribution in [2.45, 2.75) is 65.1 Å². The van der Waals surface area contributed by atoms with Crippen molar-refractivity contribution in [3.8, 4) is 0 Å². The average molecular weight is 501 g/mol. The number of piperazine rings is 1. The van der Waals surface area contributed by atoms with Gasteiger partial charge in [0, 0.05) is 49.9 Å². The van der Waals surface area contributed by atoms with Gasteiger partial charge in [-0.1, -0.05) is 26.0 Å². The van der Waals surface area contributed by atoms with E-state index >= 15 is 0 Å². The molecule has 1 atom stereocenters. The van der Waals surface area contributed by atoms with E-state index in [1.807, 2.05) is 19.9 Å². The molecule has 2 aliphatic rings. The number of hydrogen-bond acceptors (Lipinski definition) is 6. The predicted molar refractivity (Wildman–Crippen MR) is 141 cm³/mol. The van der Waals surface area contributed by atoms with Gasteiger partial charge in [0.2, 0.25) is 0 Å². The van der Waals surface area contributed by atoms with Gasteiger partial charge < -0.3 is 15.6 Å². The van der Waals surface area contributed by atoms with Gasteiger partial charge in [0.15, 0.2) is 5.82 Å². The minimum atomic E-state index is -0.543. The number of anilines is 2. The fourth-order valence-corrected chi connectivity index (χ4v) is 5.58. The number of aromatic amines is 1. The van der Waals surface area contributed by atoms with Crippen LogP contribution in [0.25, 0.3) is 5.57 Å².